The molecule has 0 unspecified atom stereocenters. The van der Waals surface area contributed by atoms with E-state index in [2.05, 4.69) is 10.3 Å². The summed E-state index contributed by atoms with van der Waals surface area (Å²) in [5.41, 5.74) is 0.858. The maximum atomic E-state index is 12.6. The van der Waals surface area contributed by atoms with Gasteiger partial charge in [-0.15, -0.1) is 11.3 Å². The lowest BCUT2D eigenvalue weighted by Gasteiger charge is -2.21. The Morgan fingerprint density at radius 1 is 1.25 bits per heavy atom. The number of nitrogens with one attached hydrogen (secondary N) is 1. The quantitative estimate of drug-likeness (QED) is 0.926. The molecule has 0 aliphatic heterocycles. The first-order chi connectivity index (χ1) is 11.6. The van der Waals surface area contributed by atoms with E-state index in [9.17, 15) is 9.59 Å². The third-order valence-electron chi connectivity index (χ3n) is 4.94. The first-order valence-electron chi connectivity index (χ1n) is 8.81. The molecule has 1 amide bonds. The molecule has 1 N–H and O–H groups in total. The first kappa shape index (κ1) is 17.1. The van der Waals surface area contributed by atoms with Crippen LogP contribution in [-0.2, 0) is 11.3 Å². The molecule has 0 spiro atoms. The van der Waals surface area contributed by atoms with Crippen LogP contribution in [0.5, 0.6) is 0 Å². The number of aryl methyl sites for hydroxylation is 2. The highest BCUT2D eigenvalue weighted by Gasteiger charge is 2.16. The molecule has 2 aromatic rings. The smallest absolute Gasteiger partial charge is 0.262 e. The van der Waals surface area contributed by atoms with Crippen molar-refractivity contribution in [1.82, 2.24) is 14.9 Å². The molecule has 6 heteroatoms. The van der Waals surface area contributed by atoms with Gasteiger partial charge < -0.3 is 5.32 Å². The van der Waals surface area contributed by atoms with E-state index in [1.165, 1.54) is 54.3 Å². The van der Waals surface area contributed by atoms with Crippen molar-refractivity contribution in [3.8, 4) is 0 Å². The fourth-order valence-corrected chi connectivity index (χ4v) is 4.40. The third-order valence-corrected chi connectivity index (χ3v) is 6.06. The zero-order chi connectivity index (χ0) is 17.1. The number of carbonyl (C=O) groups excluding carboxylic acids is 1. The average molecular weight is 347 g/mol. The van der Waals surface area contributed by atoms with Gasteiger partial charge in [-0.25, -0.2) is 4.98 Å². The van der Waals surface area contributed by atoms with Gasteiger partial charge in [-0.2, -0.15) is 0 Å². The van der Waals surface area contributed by atoms with E-state index in [0.717, 1.165) is 28.1 Å². The van der Waals surface area contributed by atoms with Gasteiger partial charge in [0.2, 0.25) is 5.91 Å². The largest absolute Gasteiger partial charge is 0.352 e. The van der Waals surface area contributed by atoms with Crippen molar-refractivity contribution in [3.63, 3.8) is 0 Å². The number of hydrogen-bond donors (Lipinski definition) is 1. The van der Waals surface area contributed by atoms with Crippen LogP contribution in [-0.4, -0.2) is 21.5 Å². The third kappa shape index (κ3) is 3.69. The SMILES string of the molecule is Cc1sc2ncn(CC(=O)NC3CCCCCCC3)c(=O)c2c1C. The van der Waals surface area contributed by atoms with Gasteiger partial charge in [0.25, 0.3) is 5.56 Å². The average Bonchev–Trinajstić information content (AvgIpc) is 2.80. The Hall–Kier alpha value is -1.69. The number of rotatable bonds is 3. The molecule has 0 atom stereocenters. The van der Waals surface area contributed by atoms with E-state index in [4.69, 9.17) is 0 Å². The number of amides is 1. The second-order valence-corrected chi connectivity index (χ2v) is 7.95. The van der Waals surface area contributed by atoms with Gasteiger partial charge in [-0.1, -0.05) is 32.1 Å². The van der Waals surface area contributed by atoms with Crippen LogP contribution in [0.1, 0.15) is 55.4 Å². The number of hydrogen-bond acceptors (Lipinski definition) is 4. The minimum Gasteiger partial charge on any atom is -0.352 e. The fraction of sp³-hybridized carbons (Fsp3) is 0.611. The normalized spacial score (nSPS) is 16.8. The fourth-order valence-electron chi connectivity index (χ4n) is 3.41. The minimum atomic E-state index is -0.116. The van der Waals surface area contributed by atoms with Crippen molar-refractivity contribution >= 4 is 27.5 Å². The van der Waals surface area contributed by atoms with Crippen molar-refractivity contribution in [1.29, 1.82) is 0 Å². The summed E-state index contributed by atoms with van der Waals surface area (Å²) in [6, 6.07) is 0.246. The van der Waals surface area contributed by atoms with Crippen LogP contribution in [0.25, 0.3) is 10.2 Å². The van der Waals surface area contributed by atoms with Crippen LogP contribution in [0, 0.1) is 13.8 Å². The molecule has 0 saturated heterocycles. The van der Waals surface area contributed by atoms with Crippen LogP contribution >= 0.6 is 11.3 Å². The zero-order valence-electron chi connectivity index (χ0n) is 14.4. The summed E-state index contributed by atoms with van der Waals surface area (Å²) in [4.78, 5) is 31.2. The number of carbonyl (C=O) groups is 1. The minimum absolute atomic E-state index is 0.0482. The molecule has 0 aromatic carbocycles. The van der Waals surface area contributed by atoms with Crippen LogP contribution in [0.3, 0.4) is 0 Å². The van der Waals surface area contributed by atoms with Gasteiger partial charge in [0.1, 0.15) is 11.4 Å². The highest BCUT2D eigenvalue weighted by atomic mass is 32.1. The summed E-state index contributed by atoms with van der Waals surface area (Å²) in [6.07, 6.45) is 9.74. The maximum absolute atomic E-state index is 12.6. The number of aromatic nitrogens is 2. The first-order valence-corrected chi connectivity index (χ1v) is 9.62. The van der Waals surface area contributed by atoms with Crippen LogP contribution in [0.2, 0.25) is 0 Å². The molecule has 1 fully saturated rings. The Morgan fingerprint density at radius 2 is 1.92 bits per heavy atom. The Morgan fingerprint density at radius 3 is 2.62 bits per heavy atom. The van der Waals surface area contributed by atoms with Gasteiger partial charge in [0.15, 0.2) is 0 Å². The second-order valence-electron chi connectivity index (χ2n) is 6.75. The highest BCUT2D eigenvalue weighted by Crippen LogP contribution is 2.25. The van der Waals surface area contributed by atoms with Crippen LogP contribution < -0.4 is 10.9 Å². The number of nitrogens with zero attached hydrogens (tertiary/aromatic N) is 2. The van der Waals surface area contributed by atoms with Crippen molar-refractivity contribution < 1.29 is 4.79 Å². The molecule has 5 nitrogen and oxygen atoms in total. The van der Waals surface area contributed by atoms with E-state index in [1.807, 2.05) is 13.8 Å². The number of fused-ring (bicyclic) bond motifs is 1. The highest BCUT2D eigenvalue weighted by molar-refractivity contribution is 7.18. The predicted octanol–water partition coefficient (Wildman–Crippen LogP) is 3.30. The molecule has 130 valence electrons. The second kappa shape index (κ2) is 7.47. The Bertz CT molecular complexity index is 785. The van der Waals surface area contributed by atoms with E-state index >= 15 is 0 Å². The lowest BCUT2D eigenvalue weighted by Crippen LogP contribution is -2.39. The van der Waals surface area contributed by atoms with Crippen LogP contribution in [0.15, 0.2) is 11.1 Å². The molecular weight excluding hydrogens is 322 g/mol. The van der Waals surface area contributed by atoms with Crippen molar-refractivity contribution in [3.05, 3.63) is 27.1 Å². The molecule has 24 heavy (non-hydrogen) atoms. The lowest BCUT2D eigenvalue weighted by molar-refractivity contribution is -0.122. The van der Waals surface area contributed by atoms with Gasteiger partial charge in [-0.05, 0) is 32.3 Å². The van der Waals surface area contributed by atoms with E-state index in [1.54, 1.807) is 0 Å². The molecule has 0 radical (unpaired) electrons. The number of thiophene rings is 1. The zero-order valence-corrected chi connectivity index (χ0v) is 15.2. The monoisotopic (exact) mass is 347 g/mol. The van der Waals surface area contributed by atoms with Gasteiger partial charge in [-0.3, -0.25) is 14.2 Å². The standard InChI is InChI=1S/C18H25N3O2S/c1-12-13(2)24-17-16(12)18(23)21(11-19-17)10-15(22)20-14-8-6-4-3-5-7-9-14/h11,14H,3-10H2,1-2H3,(H,20,22). The Labute approximate surface area is 146 Å². The van der Waals surface area contributed by atoms with E-state index in [0.29, 0.717) is 5.39 Å². The van der Waals surface area contributed by atoms with Gasteiger partial charge >= 0.3 is 0 Å². The van der Waals surface area contributed by atoms with E-state index in [-0.39, 0.29) is 24.1 Å². The summed E-state index contributed by atoms with van der Waals surface area (Å²) in [7, 11) is 0. The summed E-state index contributed by atoms with van der Waals surface area (Å²) >= 11 is 1.53. The molecule has 0 bridgehead atoms. The molecule has 3 rings (SSSR count). The van der Waals surface area contributed by atoms with Gasteiger partial charge in [0.05, 0.1) is 11.7 Å². The Balaban J connectivity index is 1.72. The molecular formula is C18H25N3O2S. The summed E-state index contributed by atoms with van der Waals surface area (Å²) in [6.45, 7) is 3.98. The van der Waals surface area contributed by atoms with Gasteiger partial charge in [0, 0.05) is 10.9 Å². The molecule has 1 saturated carbocycles. The lowest BCUT2D eigenvalue weighted by atomic mass is 9.97. The molecule has 1 aliphatic rings. The Kier molecular flexibility index (Phi) is 5.33. The van der Waals surface area contributed by atoms with Crippen LogP contribution in [0.4, 0.5) is 0 Å². The topological polar surface area (TPSA) is 64.0 Å². The molecule has 2 aromatic heterocycles. The summed E-state index contributed by atoms with van der Waals surface area (Å²) < 4.78 is 1.43. The van der Waals surface area contributed by atoms with Crippen molar-refractivity contribution in [2.45, 2.75) is 71.4 Å². The molecule has 2 heterocycles. The van der Waals surface area contributed by atoms with Crippen molar-refractivity contribution in [2.75, 3.05) is 0 Å². The van der Waals surface area contributed by atoms with E-state index < -0.39 is 0 Å². The summed E-state index contributed by atoms with van der Waals surface area (Å²) in [5.74, 6) is -0.0894. The predicted molar refractivity (Wildman–Crippen MR) is 97.6 cm³/mol. The summed E-state index contributed by atoms with van der Waals surface area (Å²) in [5, 5.41) is 3.76. The van der Waals surface area contributed by atoms with Crippen molar-refractivity contribution in [2.24, 2.45) is 0 Å². The molecule has 1 aliphatic carbocycles. The maximum Gasteiger partial charge on any atom is 0.262 e.